The maximum absolute atomic E-state index is 13.9. The number of hydrogen-bond acceptors (Lipinski definition) is 5. The summed E-state index contributed by atoms with van der Waals surface area (Å²) in [4.78, 5) is 56.1. The molecule has 6 rings (SSSR count). The summed E-state index contributed by atoms with van der Waals surface area (Å²) in [5.41, 5.74) is -1.24. The second-order valence-electron chi connectivity index (χ2n) is 8.64. The van der Waals surface area contributed by atoms with E-state index in [2.05, 4.69) is 0 Å². The fourth-order valence-electron chi connectivity index (χ4n) is 5.37. The summed E-state index contributed by atoms with van der Waals surface area (Å²) in [6.07, 6.45) is -1.04. The van der Waals surface area contributed by atoms with Crippen LogP contribution in [0.3, 0.4) is 0 Å². The summed E-state index contributed by atoms with van der Waals surface area (Å²) in [7, 11) is 0. The first-order chi connectivity index (χ1) is 16.8. The van der Waals surface area contributed by atoms with Gasteiger partial charge in [-0.25, -0.2) is 4.90 Å². The third kappa shape index (κ3) is 2.94. The molecule has 0 bridgehead atoms. The van der Waals surface area contributed by atoms with Gasteiger partial charge in [-0.15, -0.1) is 0 Å². The molecule has 35 heavy (non-hydrogen) atoms. The fourth-order valence-corrected chi connectivity index (χ4v) is 5.86. The van der Waals surface area contributed by atoms with E-state index in [9.17, 15) is 19.2 Å². The highest BCUT2D eigenvalue weighted by molar-refractivity contribution is 6.40. The predicted molar refractivity (Wildman–Crippen MR) is 129 cm³/mol. The molecule has 1 spiro atoms. The van der Waals surface area contributed by atoms with Crippen LogP contribution in [0.15, 0.2) is 66.7 Å². The van der Waals surface area contributed by atoms with Crippen LogP contribution >= 0.6 is 34.8 Å². The SMILES string of the molecule is O=C1[C@H]2[C@@H](C(=O)N1c1cc(Cl)ccc1Cl)C1(O[C@H]2c2ccc(Cl)cc2)C(=O)c2ccccc2C1=O. The fraction of sp³-hybridized carbons (Fsp3) is 0.154. The number of carbonyl (C=O) groups is 4. The van der Waals surface area contributed by atoms with E-state index in [1.54, 1.807) is 36.4 Å². The van der Waals surface area contributed by atoms with Crippen molar-refractivity contribution in [2.75, 3.05) is 4.90 Å². The van der Waals surface area contributed by atoms with E-state index >= 15 is 0 Å². The lowest BCUT2D eigenvalue weighted by molar-refractivity contribution is -0.127. The monoisotopic (exact) mass is 525 g/mol. The number of Topliss-reactive ketones (excluding diaryl/α,β-unsaturated/α-hetero) is 2. The molecule has 2 saturated heterocycles. The molecule has 1 aliphatic carbocycles. The molecule has 0 unspecified atom stereocenters. The van der Waals surface area contributed by atoms with Crippen molar-refractivity contribution in [3.8, 4) is 0 Å². The van der Waals surface area contributed by atoms with E-state index in [4.69, 9.17) is 39.5 Å². The quantitative estimate of drug-likeness (QED) is 0.333. The smallest absolute Gasteiger partial charge is 0.241 e. The van der Waals surface area contributed by atoms with Crippen LogP contribution in [0.1, 0.15) is 32.4 Å². The molecule has 0 saturated carbocycles. The van der Waals surface area contributed by atoms with Crippen LogP contribution in [0.2, 0.25) is 15.1 Å². The van der Waals surface area contributed by atoms with Gasteiger partial charge in [0.2, 0.25) is 29.0 Å². The zero-order valence-corrected chi connectivity index (χ0v) is 20.0. The molecule has 9 heteroatoms. The van der Waals surface area contributed by atoms with Crippen LogP contribution in [-0.2, 0) is 14.3 Å². The van der Waals surface area contributed by atoms with Crippen molar-refractivity contribution in [1.29, 1.82) is 0 Å². The minimum absolute atomic E-state index is 0.0870. The Bertz CT molecular complexity index is 1430. The number of ether oxygens (including phenoxy) is 1. The van der Waals surface area contributed by atoms with Crippen LogP contribution in [0, 0.1) is 11.8 Å². The number of anilines is 1. The summed E-state index contributed by atoms with van der Waals surface area (Å²) in [6.45, 7) is 0. The Balaban J connectivity index is 1.56. The molecular formula is C26H14Cl3NO5. The highest BCUT2D eigenvalue weighted by Crippen LogP contribution is 2.58. The van der Waals surface area contributed by atoms with Gasteiger partial charge in [-0.1, -0.05) is 71.2 Å². The third-order valence-electron chi connectivity index (χ3n) is 6.87. The van der Waals surface area contributed by atoms with Crippen molar-refractivity contribution in [3.05, 3.63) is 98.5 Å². The first-order valence-electron chi connectivity index (χ1n) is 10.7. The minimum Gasteiger partial charge on any atom is -0.349 e. The second-order valence-corrected chi connectivity index (χ2v) is 9.92. The van der Waals surface area contributed by atoms with E-state index in [1.165, 1.54) is 30.3 Å². The molecule has 0 aromatic heterocycles. The molecule has 2 aliphatic heterocycles. The normalized spacial score (nSPS) is 24.4. The number of carbonyl (C=O) groups excluding carboxylic acids is 4. The molecule has 3 atom stereocenters. The van der Waals surface area contributed by atoms with Gasteiger partial charge in [0.25, 0.3) is 0 Å². The summed E-state index contributed by atoms with van der Waals surface area (Å²) in [6, 6.07) is 17.2. The number of rotatable bonds is 2. The molecule has 3 aliphatic rings. The lowest BCUT2D eigenvalue weighted by Gasteiger charge is -2.27. The zero-order chi connectivity index (χ0) is 24.6. The summed E-state index contributed by atoms with van der Waals surface area (Å²) < 4.78 is 6.22. The number of hydrogen-bond donors (Lipinski definition) is 0. The van der Waals surface area contributed by atoms with Gasteiger partial charge in [-0.3, -0.25) is 19.2 Å². The summed E-state index contributed by atoms with van der Waals surface area (Å²) >= 11 is 18.5. The maximum Gasteiger partial charge on any atom is 0.241 e. The van der Waals surface area contributed by atoms with Crippen LogP contribution in [0.4, 0.5) is 5.69 Å². The Labute approximate surface area is 214 Å². The Morgan fingerprint density at radius 3 is 1.97 bits per heavy atom. The van der Waals surface area contributed by atoms with E-state index in [0.717, 1.165) is 4.90 Å². The Morgan fingerprint density at radius 2 is 1.34 bits per heavy atom. The van der Waals surface area contributed by atoms with Crippen LogP contribution in [0.25, 0.3) is 0 Å². The van der Waals surface area contributed by atoms with Gasteiger partial charge in [0, 0.05) is 21.2 Å². The van der Waals surface area contributed by atoms with E-state index in [1.807, 2.05) is 0 Å². The molecule has 6 nitrogen and oxygen atoms in total. The average molecular weight is 527 g/mol. The van der Waals surface area contributed by atoms with Crippen molar-refractivity contribution in [2.24, 2.45) is 11.8 Å². The molecule has 3 aromatic carbocycles. The van der Waals surface area contributed by atoms with Crippen molar-refractivity contribution in [3.63, 3.8) is 0 Å². The lowest BCUT2D eigenvalue weighted by atomic mass is 9.77. The minimum atomic E-state index is -2.16. The van der Waals surface area contributed by atoms with E-state index in [-0.39, 0.29) is 26.9 Å². The number of imide groups is 1. The Kier molecular flexibility index (Phi) is 4.96. The van der Waals surface area contributed by atoms with Crippen molar-refractivity contribution >= 4 is 63.9 Å². The lowest BCUT2D eigenvalue weighted by Crippen LogP contribution is -2.51. The average Bonchev–Trinajstić information content (AvgIpc) is 3.41. The van der Waals surface area contributed by atoms with Crippen molar-refractivity contribution in [1.82, 2.24) is 0 Å². The number of ketones is 2. The first-order valence-corrected chi connectivity index (χ1v) is 11.8. The number of amides is 2. The van der Waals surface area contributed by atoms with Crippen molar-refractivity contribution < 1.29 is 23.9 Å². The molecule has 3 aromatic rings. The number of nitrogens with zero attached hydrogens (tertiary/aromatic N) is 1. The van der Waals surface area contributed by atoms with Gasteiger partial charge in [-0.2, -0.15) is 0 Å². The number of halogens is 3. The van der Waals surface area contributed by atoms with Crippen molar-refractivity contribution in [2.45, 2.75) is 11.7 Å². The molecule has 0 N–H and O–H groups in total. The maximum atomic E-state index is 13.9. The molecule has 2 amide bonds. The van der Waals surface area contributed by atoms with Gasteiger partial charge in [0.15, 0.2) is 0 Å². The molecule has 2 heterocycles. The van der Waals surface area contributed by atoms with Gasteiger partial charge >= 0.3 is 0 Å². The highest BCUT2D eigenvalue weighted by Gasteiger charge is 2.74. The first kappa shape index (κ1) is 22.4. The number of fused-ring (bicyclic) bond motifs is 3. The molecule has 2 fully saturated rings. The van der Waals surface area contributed by atoms with Gasteiger partial charge < -0.3 is 4.74 Å². The zero-order valence-electron chi connectivity index (χ0n) is 17.7. The van der Waals surface area contributed by atoms with Gasteiger partial charge in [-0.05, 0) is 35.9 Å². The largest absolute Gasteiger partial charge is 0.349 e. The molecule has 174 valence electrons. The standard InChI is InChI=1S/C26H14Cl3NO5/c27-13-7-5-12(6-8-13)21-19-20(25(34)30(24(19)33)18-11-14(28)9-10-17(18)29)26(35-21)22(31)15-3-1-2-4-16(15)23(26)32/h1-11,19-21H/t19-,20-,21-/m0/s1. The predicted octanol–water partition coefficient (Wildman–Crippen LogP) is 5.34. The second kappa shape index (κ2) is 7.73. The van der Waals surface area contributed by atoms with Gasteiger partial charge in [0.05, 0.1) is 28.6 Å². The van der Waals surface area contributed by atoms with Crippen LogP contribution in [0.5, 0.6) is 0 Å². The Morgan fingerprint density at radius 1 is 0.743 bits per heavy atom. The molecular weight excluding hydrogens is 513 g/mol. The topological polar surface area (TPSA) is 80.8 Å². The molecule has 0 radical (unpaired) electrons. The number of benzene rings is 3. The summed E-state index contributed by atoms with van der Waals surface area (Å²) in [5.74, 6) is -5.15. The van der Waals surface area contributed by atoms with E-state index in [0.29, 0.717) is 10.6 Å². The highest BCUT2D eigenvalue weighted by atomic mass is 35.5. The third-order valence-corrected chi connectivity index (χ3v) is 7.67. The summed E-state index contributed by atoms with van der Waals surface area (Å²) in [5, 5.41) is 0.851. The van der Waals surface area contributed by atoms with Crippen LogP contribution in [-0.4, -0.2) is 29.0 Å². The van der Waals surface area contributed by atoms with E-state index < -0.39 is 46.9 Å². The van der Waals surface area contributed by atoms with Crippen LogP contribution < -0.4 is 4.90 Å². The van der Waals surface area contributed by atoms with Gasteiger partial charge in [0.1, 0.15) is 0 Å². The Hall–Kier alpha value is -3.03.